The molecular weight excluding hydrogens is 494 g/mol. The lowest BCUT2D eigenvalue weighted by Crippen LogP contribution is -2.46. The second-order valence-electron chi connectivity index (χ2n) is 7.94. The van der Waals surface area contributed by atoms with Crippen LogP contribution >= 0.6 is 11.8 Å². The van der Waals surface area contributed by atoms with E-state index in [2.05, 4.69) is 5.32 Å². The number of halogens is 2. The maximum absolute atomic E-state index is 14.3. The zero-order valence-electron chi connectivity index (χ0n) is 18.6. The number of aliphatic hydroxyl groups is 1. The summed E-state index contributed by atoms with van der Waals surface area (Å²) in [5, 5.41) is 10.8. The number of nitrogens with one attached hydrogen (secondary N) is 1. The number of sulfonamides is 1. The van der Waals surface area contributed by atoms with E-state index in [0.717, 1.165) is 39.3 Å². The van der Waals surface area contributed by atoms with Gasteiger partial charge < -0.3 is 10.4 Å². The van der Waals surface area contributed by atoms with E-state index >= 15 is 0 Å². The SMILES string of the molecule is O=C(N[C@@H](CCO)c1c(F)cccc1F)[C@@H]1SCCN1S(=O)(=O)c1ccc(-c2ccccc2)cc1. The molecular formula is C25H24F2N2O4S2. The van der Waals surface area contributed by atoms with Crippen LogP contribution in [0.3, 0.4) is 0 Å². The Morgan fingerprint density at radius 3 is 2.26 bits per heavy atom. The smallest absolute Gasteiger partial charge is 0.249 e. The monoisotopic (exact) mass is 518 g/mol. The van der Waals surface area contributed by atoms with Crippen LogP contribution in [0.25, 0.3) is 11.1 Å². The topological polar surface area (TPSA) is 86.7 Å². The number of nitrogens with zero attached hydrogens (tertiary/aromatic N) is 1. The maximum Gasteiger partial charge on any atom is 0.249 e. The number of aliphatic hydroxyl groups excluding tert-OH is 1. The molecule has 0 bridgehead atoms. The molecule has 1 heterocycles. The Balaban J connectivity index is 1.55. The molecule has 0 spiro atoms. The molecule has 0 aliphatic carbocycles. The van der Waals surface area contributed by atoms with Crippen molar-refractivity contribution in [2.45, 2.75) is 22.7 Å². The third kappa shape index (κ3) is 5.40. The Hall–Kier alpha value is -2.79. The number of rotatable bonds is 8. The fraction of sp³-hybridized carbons (Fsp3) is 0.240. The quantitative estimate of drug-likeness (QED) is 0.472. The molecule has 1 aliphatic heterocycles. The first kappa shape index (κ1) is 25.3. The second-order valence-corrected chi connectivity index (χ2v) is 11.0. The number of hydrogen-bond acceptors (Lipinski definition) is 5. The molecule has 3 aromatic rings. The van der Waals surface area contributed by atoms with Gasteiger partial charge in [-0.25, -0.2) is 17.2 Å². The number of thioether (sulfide) groups is 1. The van der Waals surface area contributed by atoms with Gasteiger partial charge in [0.25, 0.3) is 0 Å². The predicted molar refractivity (Wildman–Crippen MR) is 131 cm³/mol. The summed E-state index contributed by atoms with van der Waals surface area (Å²) < 4.78 is 56.4. The summed E-state index contributed by atoms with van der Waals surface area (Å²) in [6, 6.07) is 18.1. The molecule has 3 aromatic carbocycles. The van der Waals surface area contributed by atoms with E-state index in [0.29, 0.717) is 5.75 Å². The van der Waals surface area contributed by atoms with Crippen molar-refractivity contribution in [3.8, 4) is 11.1 Å². The fourth-order valence-electron chi connectivity index (χ4n) is 4.00. The van der Waals surface area contributed by atoms with Crippen LogP contribution in [0.4, 0.5) is 8.78 Å². The molecule has 2 atom stereocenters. The Bertz CT molecular complexity index is 1270. The van der Waals surface area contributed by atoms with Gasteiger partial charge in [0, 0.05) is 24.5 Å². The molecule has 6 nitrogen and oxygen atoms in total. The summed E-state index contributed by atoms with van der Waals surface area (Å²) in [4.78, 5) is 13.1. The lowest BCUT2D eigenvalue weighted by molar-refractivity contribution is -0.123. The van der Waals surface area contributed by atoms with Gasteiger partial charge in [0.2, 0.25) is 15.9 Å². The first-order valence-corrected chi connectivity index (χ1v) is 13.5. The summed E-state index contributed by atoms with van der Waals surface area (Å²) >= 11 is 1.13. The molecule has 35 heavy (non-hydrogen) atoms. The van der Waals surface area contributed by atoms with Crippen LogP contribution in [0.2, 0.25) is 0 Å². The van der Waals surface area contributed by atoms with E-state index in [1.807, 2.05) is 30.3 Å². The van der Waals surface area contributed by atoms with Crippen molar-refractivity contribution >= 4 is 27.7 Å². The molecule has 0 radical (unpaired) electrons. The lowest BCUT2D eigenvalue weighted by Gasteiger charge is -2.26. The van der Waals surface area contributed by atoms with E-state index < -0.39 is 45.6 Å². The van der Waals surface area contributed by atoms with Crippen LogP contribution in [-0.2, 0) is 14.8 Å². The van der Waals surface area contributed by atoms with Crippen molar-refractivity contribution in [1.29, 1.82) is 0 Å². The third-order valence-electron chi connectivity index (χ3n) is 5.72. The van der Waals surface area contributed by atoms with Crippen LogP contribution in [0.5, 0.6) is 0 Å². The predicted octanol–water partition coefficient (Wildman–Crippen LogP) is 3.94. The summed E-state index contributed by atoms with van der Waals surface area (Å²) in [6.45, 7) is -0.309. The van der Waals surface area contributed by atoms with Crippen molar-refractivity contribution < 1.29 is 27.1 Å². The molecule has 10 heteroatoms. The Kier molecular flexibility index (Phi) is 7.85. The van der Waals surface area contributed by atoms with Gasteiger partial charge in [0.15, 0.2) is 0 Å². The van der Waals surface area contributed by atoms with Crippen LogP contribution in [0.1, 0.15) is 18.0 Å². The Labute approximate surface area is 207 Å². The van der Waals surface area contributed by atoms with Crippen molar-refractivity contribution in [3.63, 3.8) is 0 Å². The zero-order chi connectivity index (χ0) is 25.0. The van der Waals surface area contributed by atoms with Crippen LogP contribution in [0.15, 0.2) is 77.7 Å². The highest BCUT2D eigenvalue weighted by atomic mass is 32.2. The maximum atomic E-state index is 14.3. The van der Waals surface area contributed by atoms with E-state index in [4.69, 9.17) is 0 Å². The summed E-state index contributed by atoms with van der Waals surface area (Å²) in [5.41, 5.74) is 1.43. The zero-order valence-corrected chi connectivity index (χ0v) is 20.2. The Morgan fingerprint density at radius 2 is 1.63 bits per heavy atom. The summed E-state index contributed by atoms with van der Waals surface area (Å²) in [7, 11) is -4.01. The third-order valence-corrected chi connectivity index (χ3v) is 8.94. The van der Waals surface area contributed by atoms with Crippen LogP contribution < -0.4 is 5.32 Å². The minimum absolute atomic E-state index is 0.0459. The van der Waals surface area contributed by atoms with E-state index in [9.17, 15) is 27.1 Å². The highest BCUT2D eigenvalue weighted by Gasteiger charge is 2.41. The molecule has 1 amide bonds. The van der Waals surface area contributed by atoms with Crippen molar-refractivity contribution in [2.75, 3.05) is 18.9 Å². The molecule has 4 rings (SSSR count). The average Bonchev–Trinajstić information content (AvgIpc) is 3.36. The van der Waals surface area contributed by atoms with Gasteiger partial charge in [-0.15, -0.1) is 11.8 Å². The summed E-state index contributed by atoms with van der Waals surface area (Å²) in [5.74, 6) is -2.02. The van der Waals surface area contributed by atoms with Gasteiger partial charge in [-0.05, 0) is 41.8 Å². The van der Waals surface area contributed by atoms with Crippen molar-refractivity contribution in [3.05, 3.63) is 90.0 Å². The summed E-state index contributed by atoms with van der Waals surface area (Å²) in [6.07, 6.45) is -0.130. The van der Waals surface area contributed by atoms with Gasteiger partial charge in [0.1, 0.15) is 17.0 Å². The number of amides is 1. The number of carbonyl (C=O) groups excluding carboxylic acids is 1. The minimum atomic E-state index is -4.01. The van der Waals surface area contributed by atoms with Gasteiger partial charge >= 0.3 is 0 Å². The molecule has 184 valence electrons. The van der Waals surface area contributed by atoms with Crippen LogP contribution in [0, 0.1) is 11.6 Å². The van der Waals surface area contributed by atoms with Crippen LogP contribution in [-0.4, -0.2) is 48.0 Å². The van der Waals surface area contributed by atoms with Gasteiger partial charge in [-0.1, -0.05) is 48.5 Å². The van der Waals surface area contributed by atoms with Crippen molar-refractivity contribution in [1.82, 2.24) is 9.62 Å². The molecule has 1 saturated heterocycles. The highest BCUT2D eigenvalue weighted by molar-refractivity contribution is 8.02. The first-order valence-electron chi connectivity index (χ1n) is 11.0. The van der Waals surface area contributed by atoms with Crippen molar-refractivity contribution in [2.24, 2.45) is 0 Å². The normalized spacial score (nSPS) is 17.3. The molecule has 0 unspecified atom stereocenters. The molecule has 0 aromatic heterocycles. The van der Waals surface area contributed by atoms with E-state index in [1.54, 1.807) is 12.1 Å². The molecule has 1 fully saturated rings. The standard InChI is InChI=1S/C25H24F2N2O4S2/c26-20-7-4-8-21(27)23(20)22(13-15-30)28-24(31)25-29(14-16-34-25)35(32,33)19-11-9-18(10-12-19)17-5-2-1-3-6-17/h1-12,22,25,30H,13-16H2,(H,28,31)/t22-,25-/m0/s1. The lowest BCUT2D eigenvalue weighted by atomic mass is 10.0. The minimum Gasteiger partial charge on any atom is -0.396 e. The number of hydrogen-bond donors (Lipinski definition) is 2. The van der Waals surface area contributed by atoms with Gasteiger partial charge in [-0.2, -0.15) is 4.31 Å². The fourth-order valence-corrected chi connectivity index (χ4v) is 7.08. The largest absolute Gasteiger partial charge is 0.396 e. The number of benzene rings is 3. The average molecular weight is 519 g/mol. The highest BCUT2D eigenvalue weighted by Crippen LogP contribution is 2.32. The van der Waals surface area contributed by atoms with Gasteiger partial charge in [-0.3, -0.25) is 4.79 Å². The second kappa shape index (κ2) is 10.9. The number of carbonyl (C=O) groups is 1. The van der Waals surface area contributed by atoms with Gasteiger partial charge in [0.05, 0.1) is 10.9 Å². The molecule has 2 N–H and O–H groups in total. The first-order chi connectivity index (χ1) is 16.8. The van der Waals surface area contributed by atoms with E-state index in [1.165, 1.54) is 18.2 Å². The molecule has 0 saturated carbocycles. The molecule has 1 aliphatic rings. The Morgan fingerprint density at radius 1 is 1.00 bits per heavy atom. The van der Waals surface area contributed by atoms with E-state index in [-0.39, 0.29) is 23.4 Å².